The van der Waals surface area contributed by atoms with Crippen molar-refractivity contribution in [2.24, 2.45) is 0 Å². The highest BCUT2D eigenvalue weighted by atomic mass is 32.1. The van der Waals surface area contributed by atoms with Crippen LogP contribution in [-0.4, -0.2) is 29.9 Å². The standard InChI is InChI=1S/C50H30N6S/c1-3-11-34(12-4-1)47-54-48(35-13-5-2-6-14-35)56-49(55-47)42-17-9-16-38-26-37(24-25-41(38)42)32-18-20-33(21-19-32)40-28-43-45-44(57-50(43)52-29-40)30-51-46(53-45)39-23-22-31-10-7-8-15-36(31)27-39/h1-30H. The number of pyridine rings is 1. The van der Waals surface area contributed by atoms with Crippen molar-refractivity contribution in [1.82, 2.24) is 29.9 Å². The van der Waals surface area contributed by atoms with E-state index in [0.29, 0.717) is 23.3 Å². The van der Waals surface area contributed by atoms with Crippen LogP contribution in [-0.2, 0) is 0 Å². The van der Waals surface area contributed by atoms with Gasteiger partial charge in [-0.15, -0.1) is 11.3 Å². The molecule has 0 atom stereocenters. The van der Waals surface area contributed by atoms with Gasteiger partial charge in [-0.25, -0.2) is 29.9 Å². The summed E-state index contributed by atoms with van der Waals surface area (Å²) in [5.41, 5.74) is 9.19. The summed E-state index contributed by atoms with van der Waals surface area (Å²) in [6, 6.07) is 58.7. The molecular weight excluding hydrogens is 717 g/mol. The van der Waals surface area contributed by atoms with Gasteiger partial charge in [0.25, 0.3) is 0 Å². The van der Waals surface area contributed by atoms with Crippen molar-refractivity contribution in [3.63, 3.8) is 0 Å². The van der Waals surface area contributed by atoms with Crippen LogP contribution in [0.1, 0.15) is 0 Å². The first kappa shape index (κ1) is 32.9. The molecule has 0 aliphatic rings. The van der Waals surface area contributed by atoms with Crippen molar-refractivity contribution in [2.75, 3.05) is 0 Å². The zero-order valence-corrected chi connectivity index (χ0v) is 31.2. The molecule has 0 aliphatic heterocycles. The summed E-state index contributed by atoms with van der Waals surface area (Å²) in [5, 5.41) is 5.60. The summed E-state index contributed by atoms with van der Waals surface area (Å²) >= 11 is 1.62. The Balaban J connectivity index is 0.920. The fourth-order valence-corrected chi connectivity index (χ4v) is 8.45. The molecule has 11 rings (SSSR count). The predicted molar refractivity (Wildman–Crippen MR) is 234 cm³/mol. The third kappa shape index (κ3) is 6.07. The van der Waals surface area contributed by atoms with Gasteiger partial charge in [-0.3, -0.25) is 0 Å². The SMILES string of the molecule is c1ccc(-c2nc(-c3ccccc3)nc(-c3cccc4cc(-c5ccc(-c6cnc7sc8cnc(-c9ccc%10ccccc%10c9)nc8c7c6)cc5)ccc34)n2)cc1. The number of aromatic nitrogens is 6. The van der Waals surface area contributed by atoms with E-state index in [4.69, 9.17) is 29.9 Å². The van der Waals surface area contributed by atoms with E-state index in [1.165, 1.54) is 10.8 Å². The Morgan fingerprint density at radius 3 is 1.70 bits per heavy atom. The van der Waals surface area contributed by atoms with Gasteiger partial charge < -0.3 is 0 Å². The van der Waals surface area contributed by atoms with Gasteiger partial charge in [-0.2, -0.15) is 0 Å². The Labute approximate surface area is 331 Å². The molecule has 0 saturated carbocycles. The normalized spacial score (nSPS) is 11.5. The lowest BCUT2D eigenvalue weighted by Gasteiger charge is -2.11. The summed E-state index contributed by atoms with van der Waals surface area (Å²) in [5.74, 6) is 2.65. The maximum Gasteiger partial charge on any atom is 0.164 e. The van der Waals surface area contributed by atoms with Gasteiger partial charge in [0, 0.05) is 45.6 Å². The molecule has 0 aliphatic carbocycles. The predicted octanol–water partition coefficient (Wildman–Crippen LogP) is 12.7. The molecule has 0 radical (unpaired) electrons. The summed E-state index contributed by atoms with van der Waals surface area (Å²) in [4.78, 5) is 30.5. The highest BCUT2D eigenvalue weighted by molar-refractivity contribution is 7.25. The fourth-order valence-electron chi connectivity index (χ4n) is 7.51. The van der Waals surface area contributed by atoms with E-state index in [2.05, 4.69) is 109 Å². The zero-order valence-electron chi connectivity index (χ0n) is 30.4. The maximum absolute atomic E-state index is 5.06. The van der Waals surface area contributed by atoms with Crippen LogP contribution in [0.25, 0.3) is 110 Å². The van der Waals surface area contributed by atoms with Crippen LogP contribution in [0.3, 0.4) is 0 Å². The first-order chi connectivity index (χ1) is 28.2. The Kier molecular flexibility index (Phi) is 7.89. The minimum atomic E-state index is 0.644. The Morgan fingerprint density at radius 1 is 0.333 bits per heavy atom. The third-order valence-electron chi connectivity index (χ3n) is 10.4. The van der Waals surface area contributed by atoms with Crippen molar-refractivity contribution in [3.8, 4) is 67.8 Å². The average molecular weight is 747 g/mol. The first-order valence-electron chi connectivity index (χ1n) is 18.8. The zero-order chi connectivity index (χ0) is 37.7. The second kappa shape index (κ2) is 13.7. The van der Waals surface area contributed by atoms with E-state index < -0.39 is 0 Å². The number of hydrogen-bond acceptors (Lipinski definition) is 7. The molecular formula is C50H30N6S. The molecule has 4 heterocycles. The van der Waals surface area contributed by atoms with Crippen molar-refractivity contribution < 1.29 is 0 Å². The molecule has 0 saturated heterocycles. The second-order valence-corrected chi connectivity index (χ2v) is 15.0. The lowest BCUT2D eigenvalue weighted by Crippen LogP contribution is -2.00. The number of rotatable bonds is 6. The first-order valence-corrected chi connectivity index (χ1v) is 19.6. The number of hydrogen-bond donors (Lipinski definition) is 0. The molecule has 7 heteroatoms. The van der Waals surface area contributed by atoms with Crippen LogP contribution >= 0.6 is 11.3 Å². The van der Waals surface area contributed by atoms with Crippen LogP contribution < -0.4 is 0 Å². The molecule has 0 fully saturated rings. The molecule has 11 aromatic rings. The van der Waals surface area contributed by atoms with Gasteiger partial charge in [0.15, 0.2) is 23.3 Å². The Bertz CT molecular complexity index is 3230. The van der Waals surface area contributed by atoms with Crippen LogP contribution in [0.4, 0.5) is 0 Å². The molecule has 266 valence electrons. The van der Waals surface area contributed by atoms with Crippen LogP contribution in [0, 0.1) is 0 Å². The van der Waals surface area contributed by atoms with Gasteiger partial charge in [0.05, 0.1) is 10.2 Å². The van der Waals surface area contributed by atoms with E-state index in [9.17, 15) is 0 Å². The molecule has 6 nitrogen and oxygen atoms in total. The molecule has 7 aromatic carbocycles. The molecule has 0 bridgehead atoms. The lowest BCUT2D eigenvalue weighted by molar-refractivity contribution is 1.08. The number of fused-ring (bicyclic) bond motifs is 5. The van der Waals surface area contributed by atoms with Crippen LogP contribution in [0.2, 0.25) is 0 Å². The van der Waals surface area contributed by atoms with E-state index in [1.807, 2.05) is 73.1 Å². The largest absolute Gasteiger partial charge is 0.245 e. The highest BCUT2D eigenvalue weighted by Crippen LogP contribution is 2.37. The van der Waals surface area contributed by atoms with Gasteiger partial charge in [-0.1, -0.05) is 152 Å². The quantitative estimate of drug-likeness (QED) is 0.169. The van der Waals surface area contributed by atoms with Crippen molar-refractivity contribution in [2.45, 2.75) is 0 Å². The summed E-state index contributed by atoms with van der Waals surface area (Å²) in [6.07, 6.45) is 3.88. The van der Waals surface area contributed by atoms with Gasteiger partial charge in [0.1, 0.15) is 4.83 Å². The number of nitrogens with zero attached hydrogens (tertiary/aromatic N) is 6. The van der Waals surface area contributed by atoms with E-state index >= 15 is 0 Å². The Morgan fingerprint density at radius 2 is 0.947 bits per heavy atom. The third-order valence-corrected chi connectivity index (χ3v) is 11.5. The molecule has 0 N–H and O–H groups in total. The topological polar surface area (TPSA) is 77.3 Å². The van der Waals surface area contributed by atoms with E-state index in [-0.39, 0.29) is 0 Å². The maximum atomic E-state index is 5.06. The van der Waals surface area contributed by atoms with Crippen LogP contribution in [0.5, 0.6) is 0 Å². The van der Waals surface area contributed by atoms with Crippen molar-refractivity contribution >= 4 is 53.3 Å². The second-order valence-electron chi connectivity index (χ2n) is 14.0. The molecule has 0 unspecified atom stereocenters. The average Bonchev–Trinajstić information content (AvgIpc) is 3.66. The number of thiophene rings is 1. The molecule has 57 heavy (non-hydrogen) atoms. The Hall–Kier alpha value is -7.48. The molecule has 0 amide bonds. The van der Waals surface area contributed by atoms with Gasteiger partial charge in [0.2, 0.25) is 0 Å². The minimum absolute atomic E-state index is 0.644. The monoisotopic (exact) mass is 746 g/mol. The lowest BCUT2D eigenvalue weighted by atomic mass is 9.96. The summed E-state index contributed by atoms with van der Waals surface area (Å²) in [6.45, 7) is 0. The van der Waals surface area contributed by atoms with Gasteiger partial charge in [-0.05, 0) is 56.4 Å². The minimum Gasteiger partial charge on any atom is -0.245 e. The summed E-state index contributed by atoms with van der Waals surface area (Å²) in [7, 11) is 0. The van der Waals surface area contributed by atoms with Crippen molar-refractivity contribution in [1.29, 1.82) is 0 Å². The van der Waals surface area contributed by atoms with E-state index in [0.717, 1.165) is 75.7 Å². The molecule has 4 aromatic heterocycles. The number of benzene rings is 7. The molecule has 0 spiro atoms. The fraction of sp³-hybridized carbons (Fsp3) is 0. The van der Waals surface area contributed by atoms with Gasteiger partial charge >= 0.3 is 0 Å². The van der Waals surface area contributed by atoms with E-state index in [1.54, 1.807) is 11.3 Å². The van der Waals surface area contributed by atoms with Crippen LogP contribution in [0.15, 0.2) is 182 Å². The van der Waals surface area contributed by atoms with Crippen molar-refractivity contribution in [3.05, 3.63) is 182 Å². The summed E-state index contributed by atoms with van der Waals surface area (Å²) < 4.78 is 1.03. The smallest absolute Gasteiger partial charge is 0.164 e. The highest BCUT2D eigenvalue weighted by Gasteiger charge is 2.16.